The van der Waals surface area contributed by atoms with Gasteiger partial charge in [-0.15, -0.1) is 0 Å². The summed E-state index contributed by atoms with van der Waals surface area (Å²) in [6.07, 6.45) is 9.22. The van der Waals surface area contributed by atoms with Crippen LogP contribution >= 0.6 is 0 Å². The Morgan fingerprint density at radius 3 is 2.53 bits per heavy atom. The summed E-state index contributed by atoms with van der Waals surface area (Å²) in [7, 11) is 0. The van der Waals surface area contributed by atoms with E-state index in [-0.39, 0.29) is 5.41 Å². The van der Waals surface area contributed by atoms with E-state index in [2.05, 4.69) is 13.8 Å². The zero-order valence-electron chi connectivity index (χ0n) is 11.5. The van der Waals surface area contributed by atoms with Crippen LogP contribution in [-0.4, -0.2) is 17.3 Å². The molecule has 2 fully saturated rings. The zero-order valence-corrected chi connectivity index (χ0v) is 11.5. The normalized spacial score (nSPS) is 47.3. The molecule has 0 aliphatic heterocycles. The Hall–Kier alpha value is -0.0800. The molecule has 0 aromatic heterocycles. The molecule has 0 spiro atoms. The van der Waals surface area contributed by atoms with E-state index < -0.39 is 5.60 Å². The van der Waals surface area contributed by atoms with Crippen molar-refractivity contribution < 1.29 is 5.11 Å². The van der Waals surface area contributed by atoms with Crippen molar-refractivity contribution in [2.75, 3.05) is 6.54 Å². The summed E-state index contributed by atoms with van der Waals surface area (Å²) in [6, 6.07) is 0. The Bertz CT molecular complexity index is 268. The summed E-state index contributed by atoms with van der Waals surface area (Å²) in [5.74, 6) is 1.46. The molecule has 2 aliphatic rings. The van der Waals surface area contributed by atoms with Crippen LogP contribution in [0.1, 0.15) is 65.2 Å². The second kappa shape index (κ2) is 4.89. The Kier molecular flexibility index (Phi) is 3.84. The Morgan fingerprint density at radius 2 is 2.00 bits per heavy atom. The van der Waals surface area contributed by atoms with E-state index in [1.165, 1.54) is 25.7 Å². The third-order valence-corrected chi connectivity index (χ3v) is 5.64. The van der Waals surface area contributed by atoms with Crippen LogP contribution in [0, 0.1) is 17.3 Å². The molecule has 2 saturated carbocycles. The Labute approximate surface area is 106 Å². The maximum absolute atomic E-state index is 11.1. The fourth-order valence-corrected chi connectivity index (χ4v) is 4.39. The van der Waals surface area contributed by atoms with Crippen molar-refractivity contribution >= 4 is 0 Å². The van der Waals surface area contributed by atoms with E-state index in [1.807, 2.05) is 0 Å². The van der Waals surface area contributed by atoms with Crippen molar-refractivity contribution in [1.82, 2.24) is 0 Å². The van der Waals surface area contributed by atoms with Crippen LogP contribution in [0.15, 0.2) is 0 Å². The van der Waals surface area contributed by atoms with Gasteiger partial charge in [0.1, 0.15) is 0 Å². The highest BCUT2D eigenvalue weighted by Crippen LogP contribution is 2.54. The first kappa shape index (κ1) is 13.4. The maximum Gasteiger partial charge on any atom is 0.0718 e. The molecule has 2 rings (SSSR count). The first-order valence-electron chi connectivity index (χ1n) is 7.48. The summed E-state index contributed by atoms with van der Waals surface area (Å²) in [4.78, 5) is 0. The first-order valence-corrected chi connectivity index (χ1v) is 7.48. The van der Waals surface area contributed by atoms with Crippen LogP contribution in [-0.2, 0) is 0 Å². The quantitative estimate of drug-likeness (QED) is 0.795. The molecular formula is C15H29NO. The molecule has 4 atom stereocenters. The van der Waals surface area contributed by atoms with Gasteiger partial charge in [-0.1, -0.05) is 33.1 Å². The SMILES string of the molecule is CCC1CCC(CN)(C2(O)CCCC(C)C2)C1. The number of aliphatic hydroxyl groups is 1. The predicted molar refractivity (Wildman–Crippen MR) is 71.7 cm³/mol. The predicted octanol–water partition coefficient (Wildman–Crippen LogP) is 3.08. The minimum Gasteiger partial charge on any atom is -0.389 e. The molecule has 0 radical (unpaired) electrons. The fourth-order valence-electron chi connectivity index (χ4n) is 4.39. The Morgan fingerprint density at radius 1 is 1.24 bits per heavy atom. The van der Waals surface area contributed by atoms with Crippen molar-refractivity contribution in [3.8, 4) is 0 Å². The summed E-state index contributed by atoms with van der Waals surface area (Å²) in [6.45, 7) is 5.22. The molecular weight excluding hydrogens is 210 g/mol. The summed E-state index contributed by atoms with van der Waals surface area (Å²) in [5.41, 5.74) is 5.65. The lowest BCUT2D eigenvalue weighted by Crippen LogP contribution is -2.53. The molecule has 17 heavy (non-hydrogen) atoms. The zero-order chi connectivity index (χ0) is 12.5. The fraction of sp³-hybridized carbons (Fsp3) is 1.00. The van der Waals surface area contributed by atoms with Gasteiger partial charge in [-0.05, 0) is 43.9 Å². The summed E-state index contributed by atoms with van der Waals surface area (Å²) < 4.78 is 0. The van der Waals surface area contributed by atoms with Crippen LogP contribution in [0.2, 0.25) is 0 Å². The van der Waals surface area contributed by atoms with Gasteiger partial charge < -0.3 is 10.8 Å². The molecule has 0 aromatic carbocycles. The van der Waals surface area contributed by atoms with E-state index in [9.17, 15) is 5.11 Å². The van der Waals surface area contributed by atoms with E-state index in [1.54, 1.807) is 0 Å². The van der Waals surface area contributed by atoms with Crippen molar-refractivity contribution in [3.63, 3.8) is 0 Å². The second-order valence-electron chi connectivity index (χ2n) is 6.73. The molecule has 0 amide bonds. The highest BCUT2D eigenvalue weighted by molar-refractivity contribution is 5.05. The maximum atomic E-state index is 11.1. The van der Waals surface area contributed by atoms with E-state index in [4.69, 9.17) is 5.73 Å². The highest BCUT2D eigenvalue weighted by Gasteiger charge is 2.53. The molecule has 0 bridgehead atoms. The van der Waals surface area contributed by atoms with Gasteiger partial charge in [0.25, 0.3) is 0 Å². The van der Waals surface area contributed by atoms with Gasteiger partial charge in [0.2, 0.25) is 0 Å². The number of hydrogen-bond donors (Lipinski definition) is 2. The number of rotatable bonds is 3. The third-order valence-electron chi connectivity index (χ3n) is 5.64. The van der Waals surface area contributed by atoms with Crippen LogP contribution < -0.4 is 5.73 Å². The van der Waals surface area contributed by atoms with Crippen LogP contribution in [0.25, 0.3) is 0 Å². The average molecular weight is 239 g/mol. The monoisotopic (exact) mass is 239 g/mol. The minimum atomic E-state index is -0.469. The summed E-state index contributed by atoms with van der Waals surface area (Å²) in [5, 5.41) is 11.1. The van der Waals surface area contributed by atoms with Crippen molar-refractivity contribution in [1.29, 1.82) is 0 Å². The molecule has 0 saturated heterocycles. The molecule has 2 heteroatoms. The van der Waals surface area contributed by atoms with Crippen molar-refractivity contribution in [2.45, 2.75) is 70.8 Å². The topological polar surface area (TPSA) is 46.2 Å². The molecule has 0 aromatic rings. The van der Waals surface area contributed by atoms with E-state index >= 15 is 0 Å². The van der Waals surface area contributed by atoms with Gasteiger partial charge in [-0.25, -0.2) is 0 Å². The lowest BCUT2D eigenvalue weighted by Gasteiger charge is -2.49. The smallest absolute Gasteiger partial charge is 0.0718 e. The minimum absolute atomic E-state index is 0.0301. The molecule has 0 heterocycles. The number of hydrogen-bond acceptors (Lipinski definition) is 2. The van der Waals surface area contributed by atoms with Gasteiger partial charge in [0, 0.05) is 12.0 Å². The average Bonchev–Trinajstić information content (AvgIpc) is 2.74. The van der Waals surface area contributed by atoms with Gasteiger partial charge in [0.15, 0.2) is 0 Å². The molecule has 4 unspecified atom stereocenters. The molecule has 3 N–H and O–H groups in total. The van der Waals surface area contributed by atoms with Gasteiger partial charge >= 0.3 is 0 Å². The Balaban J connectivity index is 2.16. The third kappa shape index (κ3) is 2.26. The molecule has 100 valence electrons. The lowest BCUT2D eigenvalue weighted by atomic mass is 9.61. The van der Waals surface area contributed by atoms with Crippen molar-refractivity contribution in [2.24, 2.45) is 23.0 Å². The molecule has 2 aliphatic carbocycles. The number of nitrogens with two attached hydrogens (primary N) is 1. The standard InChI is InChI=1S/C15H29NO/c1-3-13-6-8-14(10-13,11-16)15(17)7-4-5-12(2)9-15/h12-13,17H,3-11,16H2,1-2H3. The van der Waals surface area contributed by atoms with Gasteiger partial charge in [-0.2, -0.15) is 0 Å². The van der Waals surface area contributed by atoms with Crippen LogP contribution in [0.4, 0.5) is 0 Å². The largest absolute Gasteiger partial charge is 0.389 e. The van der Waals surface area contributed by atoms with Gasteiger partial charge in [-0.3, -0.25) is 0 Å². The first-order chi connectivity index (χ1) is 8.05. The van der Waals surface area contributed by atoms with Crippen LogP contribution in [0.5, 0.6) is 0 Å². The van der Waals surface area contributed by atoms with E-state index in [0.717, 1.165) is 31.6 Å². The van der Waals surface area contributed by atoms with Gasteiger partial charge in [0.05, 0.1) is 5.60 Å². The summed E-state index contributed by atoms with van der Waals surface area (Å²) >= 11 is 0. The highest BCUT2D eigenvalue weighted by atomic mass is 16.3. The molecule has 2 nitrogen and oxygen atoms in total. The lowest BCUT2D eigenvalue weighted by molar-refractivity contribution is -0.115. The van der Waals surface area contributed by atoms with Crippen LogP contribution in [0.3, 0.4) is 0 Å². The van der Waals surface area contributed by atoms with Crippen molar-refractivity contribution in [3.05, 3.63) is 0 Å². The van der Waals surface area contributed by atoms with E-state index in [0.29, 0.717) is 12.5 Å². The second-order valence-corrected chi connectivity index (χ2v) is 6.73.